The molecule has 0 aliphatic carbocycles. The first kappa shape index (κ1) is 22.0. The number of methoxy groups -OCH3 is 1. The molecule has 0 aliphatic rings. The third kappa shape index (κ3) is 4.69. The zero-order valence-corrected chi connectivity index (χ0v) is 19.7. The molecule has 4 aromatic rings. The second-order valence-corrected chi connectivity index (χ2v) is 8.33. The summed E-state index contributed by atoms with van der Waals surface area (Å²) >= 11 is 9.36. The number of halogens is 2. The Morgan fingerprint density at radius 3 is 2.69 bits per heavy atom. The molecule has 0 unspecified atom stereocenters. The molecule has 4 rings (SSSR count). The van der Waals surface area contributed by atoms with Crippen LogP contribution in [0.3, 0.4) is 0 Å². The predicted octanol–water partition coefficient (Wildman–Crippen LogP) is 5.59. The average Bonchev–Trinajstić information content (AvgIpc) is 2.79. The molecule has 0 saturated carbocycles. The number of nitrogens with zero attached hydrogens (tertiary/aromatic N) is 3. The third-order valence-electron chi connectivity index (χ3n) is 4.81. The maximum atomic E-state index is 13.0. The summed E-state index contributed by atoms with van der Waals surface area (Å²) in [5.74, 6) is 1.57. The van der Waals surface area contributed by atoms with E-state index in [0.29, 0.717) is 45.4 Å². The molecule has 1 heterocycles. The van der Waals surface area contributed by atoms with E-state index in [9.17, 15) is 4.79 Å². The molecule has 3 aromatic carbocycles. The first-order chi connectivity index (χ1) is 15.5. The topological polar surface area (TPSA) is 65.7 Å². The molecule has 0 fully saturated rings. The van der Waals surface area contributed by atoms with Crippen LogP contribution in [0, 0.1) is 6.92 Å². The van der Waals surface area contributed by atoms with Gasteiger partial charge in [0.1, 0.15) is 12.4 Å². The summed E-state index contributed by atoms with van der Waals surface area (Å²) in [4.78, 5) is 17.5. The highest BCUT2D eigenvalue weighted by atomic mass is 79.9. The molecule has 0 spiro atoms. The van der Waals surface area contributed by atoms with Gasteiger partial charge >= 0.3 is 0 Å². The second kappa shape index (κ2) is 9.54. The number of benzene rings is 3. The molecule has 8 heteroatoms. The van der Waals surface area contributed by atoms with Gasteiger partial charge in [0.05, 0.1) is 24.2 Å². The normalized spacial score (nSPS) is 11.2. The second-order valence-electron chi connectivity index (χ2n) is 6.98. The fraction of sp³-hybridized carbons (Fsp3) is 0.125. The number of ether oxygens (including phenoxy) is 2. The summed E-state index contributed by atoms with van der Waals surface area (Å²) in [6, 6.07) is 18.3. The van der Waals surface area contributed by atoms with Crippen LogP contribution in [0.15, 0.2) is 75.0 Å². The van der Waals surface area contributed by atoms with Gasteiger partial charge in [0.2, 0.25) is 0 Å². The number of rotatable bonds is 6. The van der Waals surface area contributed by atoms with Crippen LogP contribution >= 0.6 is 27.5 Å². The van der Waals surface area contributed by atoms with E-state index in [4.69, 9.17) is 21.1 Å². The van der Waals surface area contributed by atoms with Crippen LogP contribution in [-0.2, 0) is 6.61 Å². The van der Waals surface area contributed by atoms with E-state index in [1.807, 2.05) is 42.5 Å². The van der Waals surface area contributed by atoms with Crippen molar-refractivity contribution in [2.45, 2.75) is 13.5 Å². The maximum absolute atomic E-state index is 13.0. The van der Waals surface area contributed by atoms with Crippen molar-refractivity contribution in [3.8, 4) is 11.5 Å². The van der Waals surface area contributed by atoms with Crippen molar-refractivity contribution >= 4 is 44.6 Å². The smallest absolute Gasteiger partial charge is 0.282 e. The van der Waals surface area contributed by atoms with E-state index >= 15 is 0 Å². The Hall–Kier alpha value is -3.16. The van der Waals surface area contributed by atoms with E-state index in [-0.39, 0.29) is 5.56 Å². The molecule has 0 aliphatic heterocycles. The summed E-state index contributed by atoms with van der Waals surface area (Å²) in [6.07, 6.45) is 1.57. The summed E-state index contributed by atoms with van der Waals surface area (Å²) < 4.78 is 13.6. The molecule has 0 radical (unpaired) electrons. The lowest BCUT2D eigenvalue weighted by molar-refractivity contribution is 0.284. The summed E-state index contributed by atoms with van der Waals surface area (Å²) in [5.41, 5.74) is 1.99. The number of aromatic nitrogens is 2. The first-order valence-electron chi connectivity index (χ1n) is 9.74. The minimum absolute atomic E-state index is 0.253. The van der Waals surface area contributed by atoms with Crippen molar-refractivity contribution < 1.29 is 9.47 Å². The molecule has 0 amide bonds. The van der Waals surface area contributed by atoms with Gasteiger partial charge in [0.25, 0.3) is 5.56 Å². The Bertz CT molecular complexity index is 1370. The minimum atomic E-state index is -0.253. The highest BCUT2D eigenvalue weighted by Crippen LogP contribution is 2.31. The number of hydrogen-bond acceptors (Lipinski definition) is 5. The molecule has 0 atom stereocenters. The standard InChI is InChI=1S/C24H19BrClN3O3/c1-15-28-21-11-8-18(25)12-20(21)24(30)29(15)27-13-17-4-3-5-22(31-2)23(17)32-14-16-6-9-19(26)10-7-16/h3-13H,14H2,1-2H3. The fourth-order valence-electron chi connectivity index (χ4n) is 3.20. The summed E-state index contributed by atoms with van der Waals surface area (Å²) in [6.45, 7) is 2.06. The number of aryl methyl sites for hydroxylation is 1. The van der Waals surface area contributed by atoms with Crippen LogP contribution in [0.1, 0.15) is 17.0 Å². The van der Waals surface area contributed by atoms with E-state index in [1.54, 1.807) is 38.4 Å². The van der Waals surface area contributed by atoms with Gasteiger partial charge in [-0.2, -0.15) is 9.78 Å². The van der Waals surface area contributed by atoms with Gasteiger partial charge in [-0.05, 0) is 55.0 Å². The summed E-state index contributed by atoms with van der Waals surface area (Å²) in [7, 11) is 1.57. The molecule has 6 nitrogen and oxygen atoms in total. The molecular formula is C24H19BrClN3O3. The highest BCUT2D eigenvalue weighted by molar-refractivity contribution is 9.10. The van der Waals surface area contributed by atoms with Crippen molar-refractivity contribution in [2.24, 2.45) is 5.10 Å². The molecule has 0 saturated heterocycles. The van der Waals surface area contributed by atoms with Gasteiger partial charge in [-0.1, -0.05) is 45.7 Å². The zero-order valence-electron chi connectivity index (χ0n) is 17.4. The van der Waals surface area contributed by atoms with E-state index in [0.717, 1.165) is 10.0 Å². The average molecular weight is 513 g/mol. The van der Waals surface area contributed by atoms with Gasteiger partial charge in [0.15, 0.2) is 11.5 Å². The van der Waals surface area contributed by atoms with Crippen LogP contribution in [-0.4, -0.2) is 23.0 Å². The lowest BCUT2D eigenvalue weighted by atomic mass is 10.2. The van der Waals surface area contributed by atoms with Crippen LogP contribution in [0.25, 0.3) is 10.9 Å². The SMILES string of the molecule is COc1cccc(C=Nn2c(C)nc3ccc(Br)cc3c2=O)c1OCc1ccc(Cl)cc1. The molecular weight excluding hydrogens is 494 g/mol. The van der Waals surface area contributed by atoms with Gasteiger partial charge < -0.3 is 9.47 Å². The lowest BCUT2D eigenvalue weighted by Crippen LogP contribution is -2.20. The van der Waals surface area contributed by atoms with Crippen molar-refractivity contribution in [2.75, 3.05) is 7.11 Å². The Labute approximate surface area is 198 Å². The minimum Gasteiger partial charge on any atom is -0.493 e. The van der Waals surface area contributed by atoms with Crippen molar-refractivity contribution in [3.05, 3.63) is 97.5 Å². The van der Waals surface area contributed by atoms with Crippen LogP contribution < -0.4 is 15.0 Å². The quantitative estimate of drug-likeness (QED) is 0.316. The Morgan fingerprint density at radius 1 is 1.16 bits per heavy atom. The first-order valence-corrected chi connectivity index (χ1v) is 10.9. The number of hydrogen-bond donors (Lipinski definition) is 0. The third-order valence-corrected chi connectivity index (χ3v) is 5.55. The lowest BCUT2D eigenvalue weighted by Gasteiger charge is -2.13. The van der Waals surface area contributed by atoms with Crippen molar-refractivity contribution in [3.63, 3.8) is 0 Å². The molecule has 162 valence electrons. The van der Waals surface area contributed by atoms with Crippen molar-refractivity contribution in [1.29, 1.82) is 0 Å². The largest absolute Gasteiger partial charge is 0.493 e. The van der Waals surface area contributed by atoms with Crippen molar-refractivity contribution in [1.82, 2.24) is 9.66 Å². The van der Waals surface area contributed by atoms with Crippen LogP contribution in [0.4, 0.5) is 0 Å². The molecule has 0 bridgehead atoms. The highest BCUT2D eigenvalue weighted by Gasteiger charge is 2.12. The predicted molar refractivity (Wildman–Crippen MR) is 130 cm³/mol. The molecule has 32 heavy (non-hydrogen) atoms. The van der Waals surface area contributed by atoms with Gasteiger partial charge in [0, 0.05) is 15.1 Å². The Morgan fingerprint density at radius 2 is 1.94 bits per heavy atom. The zero-order chi connectivity index (χ0) is 22.7. The maximum Gasteiger partial charge on any atom is 0.282 e. The molecule has 0 N–H and O–H groups in total. The van der Waals surface area contributed by atoms with Gasteiger partial charge in [-0.15, -0.1) is 0 Å². The van der Waals surface area contributed by atoms with Crippen LogP contribution in [0.5, 0.6) is 11.5 Å². The monoisotopic (exact) mass is 511 g/mol. The number of fused-ring (bicyclic) bond motifs is 1. The van der Waals surface area contributed by atoms with E-state index < -0.39 is 0 Å². The number of para-hydroxylation sites is 1. The van der Waals surface area contributed by atoms with E-state index in [1.165, 1.54) is 4.68 Å². The Balaban J connectivity index is 1.70. The fourth-order valence-corrected chi connectivity index (χ4v) is 3.69. The van der Waals surface area contributed by atoms with Crippen LogP contribution in [0.2, 0.25) is 5.02 Å². The summed E-state index contributed by atoms with van der Waals surface area (Å²) in [5, 5.41) is 5.55. The Kier molecular flexibility index (Phi) is 6.58. The van der Waals surface area contributed by atoms with Gasteiger partial charge in [-0.25, -0.2) is 4.98 Å². The van der Waals surface area contributed by atoms with Gasteiger partial charge in [-0.3, -0.25) is 4.79 Å². The van der Waals surface area contributed by atoms with E-state index in [2.05, 4.69) is 26.0 Å². The molecule has 1 aromatic heterocycles.